The van der Waals surface area contributed by atoms with Crippen LogP contribution in [0, 0.1) is 22.7 Å². The van der Waals surface area contributed by atoms with E-state index in [1.807, 2.05) is 6.92 Å². The van der Waals surface area contributed by atoms with Gasteiger partial charge in [0.15, 0.2) is 0 Å². The maximum atomic E-state index is 11.9. The molecule has 2 rings (SSSR count). The molecule has 0 saturated heterocycles. The number of carboxylic acid groups (broad SMARTS) is 1. The molecule has 0 bridgehead atoms. The van der Waals surface area contributed by atoms with E-state index in [9.17, 15) is 14.7 Å². The number of aliphatic carboxylic acids is 1. The highest BCUT2D eigenvalue weighted by Crippen LogP contribution is 2.62. The van der Waals surface area contributed by atoms with Crippen LogP contribution in [0.5, 0.6) is 0 Å². The normalized spacial score (nSPS) is 37.7. The number of carbonyl (C=O) groups is 2. The van der Waals surface area contributed by atoms with E-state index in [2.05, 4.69) is 26.8 Å². The Hall–Kier alpha value is -1.38. The van der Waals surface area contributed by atoms with Crippen molar-refractivity contribution in [1.82, 2.24) is 0 Å². The number of aldehydes is 1. The molecule has 0 heterocycles. The Kier molecular flexibility index (Phi) is 5.17. The second kappa shape index (κ2) is 6.62. The van der Waals surface area contributed by atoms with Crippen LogP contribution in [0.4, 0.5) is 0 Å². The average molecular weight is 318 g/mol. The molecule has 0 unspecified atom stereocenters. The van der Waals surface area contributed by atoms with Gasteiger partial charge < -0.3 is 5.11 Å². The largest absolute Gasteiger partial charge is 0.481 e. The standard InChI is InChI=1S/C20H30O3/c1-14(10-13-21)8-11-20(4)16(18(22)23)9-12-19(3)15(2)6-5-7-17(19)20/h6,10,13,16-17H,5,7-9,11-12H2,1-4H3,(H,22,23)/b14-10-/t16-,17-,19-,20+/m0/s1. The SMILES string of the molecule is CC1=CCC[C@@H]2[C@](C)(CC/C(C)=C\C=O)[C@H](C(=O)O)CC[C@@]12C. The van der Waals surface area contributed by atoms with E-state index in [1.165, 1.54) is 5.57 Å². The van der Waals surface area contributed by atoms with Crippen molar-refractivity contribution < 1.29 is 14.7 Å². The molecular weight excluding hydrogens is 288 g/mol. The van der Waals surface area contributed by atoms with E-state index in [-0.39, 0.29) is 16.7 Å². The van der Waals surface area contributed by atoms with Gasteiger partial charge >= 0.3 is 5.97 Å². The average Bonchev–Trinajstić information content (AvgIpc) is 2.47. The Morgan fingerprint density at radius 1 is 1.39 bits per heavy atom. The molecule has 2 aliphatic rings. The van der Waals surface area contributed by atoms with Crippen molar-refractivity contribution in [3.8, 4) is 0 Å². The summed E-state index contributed by atoms with van der Waals surface area (Å²) < 4.78 is 0. The predicted octanol–water partition coefficient (Wildman–Crippen LogP) is 4.78. The summed E-state index contributed by atoms with van der Waals surface area (Å²) in [4.78, 5) is 22.6. The Bertz CT molecular complexity index is 545. The molecule has 3 heteroatoms. The van der Waals surface area contributed by atoms with Gasteiger partial charge in [-0.2, -0.15) is 0 Å². The van der Waals surface area contributed by atoms with Crippen molar-refractivity contribution in [2.75, 3.05) is 0 Å². The smallest absolute Gasteiger partial charge is 0.307 e. The zero-order valence-electron chi connectivity index (χ0n) is 14.9. The lowest BCUT2D eigenvalue weighted by atomic mass is 9.46. The van der Waals surface area contributed by atoms with Crippen molar-refractivity contribution in [1.29, 1.82) is 0 Å². The van der Waals surface area contributed by atoms with Crippen LogP contribution < -0.4 is 0 Å². The molecule has 2 aliphatic carbocycles. The van der Waals surface area contributed by atoms with Crippen molar-refractivity contribution in [3.05, 3.63) is 23.3 Å². The lowest BCUT2D eigenvalue weighted by Gasteiger charge is -2.57. The van der Waals surface area contributed by atoms with E-state index in [4.69, 9.17) is 0 Å². The van der Waals surface area contributed by atoms with Gasteiger partial charge in [0.25, 0.3) is 0 Å². The summed E-state index contributed by atoms with van der Waals surface area (Å²) in [6.07, 6.45) is 10.3. The molecule has 0 aromatic heterocycles. The highest BCUT2D eigenvalue weighted by atomic mass is 16.4. The summed E-state index contributed by atoms with van der Waals surface area (Å²) in [5.41, 5.74) is 2.39. The van der Waals surface area contributed by atoms with E-state index in [1.54, 1.807) is 6.08 Å². The number of hydrogen-bond acceptors (Lipinski definition) is 2. The molecule has 0 aliphatic heterocycles. The molecule has 128 valence electrons. The van der Waals surface area contributed by atoms with Crippen LogP contribution in [0.1, 0.15) is 66.2 Å². The third-order valence-corrected chi connectivity index (χ3v) is 6.83. The van der Waals surface area contributed by atoms with Gasteiger partial charge in [-0.05, 0) is 75.2 Å². The molecule has 0 aromatic carbocycles. The number of carbonyl (C=O) groups excluding carboxylic acids is 1. The van der Waals surface area contributed by atoms with Crippen molar-refractivity contribution in [2.45, 2.75) is 66.2 Å². The van der Waals surface area contributed by atoms with Gasteiger partial charge in [-0.15, -0.1) is 0 Å². The number of carboxylic acids is 1. The molecule has 23 heavy (non-hydrogen) atoms. The van der Waals surface area contributed by atoms with Crippen LogP contribution in [0.2, 0.25) is 0 Å². The van der Waals surface area contributed by atoms with E-state index in [0.717, 1.165) is 50.4 Å². The molecule has 0 aromatic rings. The zero-order chi connectivity index (χ0) is 17.3. The number of fused-ring (bicyclic) bond motifs is 1. The van der Waals surface area contributed by atoms with Crippen LogP contribution in [-0.4, -0.2) is 17.4 Å². The Morgan fingerprint density at radius 3 is 2.70 bits per heavy atom. The first-order valence-corrected chi connectivity index (χ1v) is 8.76. The lowest BCUT2D eigenvalue weighted by molar-refractivity contribution is -0.156. The first kappa shape index (κ1) is 18.0. The van der Waals surface area contributed by atoms with Gasteiger partial charge in [0.1, 0.15) is 6.29 Å². The molecular formula is C20H30O3. The first-order chi connectivity index (χ1) is 10.8. The van der Waals surface area contributed by atoms with Gasteiger partial charge in [-0.25, -0.2) is 0 Å². The summed E-state index contributed by atoms with van der Waals surface area (Å²) in [7, 11) is 0. The zero-order valence-corrected chi connectivity index (χ0v) is 14.9. The monoisotopic (exact) mass is 318 g/mol. The van der Waals surface area contributed by atoms with E-state index < -0.39 is 5.97 Å². The summed E-state index contributed by atoms with van der Waals surface area (Å²) >= 11 is 0. The molecule has 1 fully saturated rings. The van der Waals surface area contributed by atoms with Gasteiger partial charge in [0.05, 0.1) is 5.92 Å². The third-order valence-electron chi connectivity index (χ3n) is 6.83. The number of hydrogen-bond donors (Lipinski definition) is 1. The van der Waals surface area contributed by atoms with Gasteiger partial charge in [-0.3, -0.25) is 9.59 Å². The van der Waals surface area contributed by atoms with Crippen LogP contribution in [0.25, 0.3) is 0 Å². The fraction of sp³-hybridized carbons (Fsp3) is 0.700. The topological polar surface area (TPSA) is 54.4 Å². The summed E-state index contributed by atoms with van der Waals surface area (Å²) in [5.74, 6) is -0.534. The van der Waals surface area contributed by atoms with Crippen molar-refractivity contribution in [2.24, 2.45) is 22.7 Å². The maximum Gasteiger partial charge on any atom is 0.307 e. The minimum Gasteiger partial charge on any atom is -0.481 e. The quantitative estimate of drug-likeness (QED) is 0.451. The van der Waals surface area contributed by atoms with Crippen LogP contribution in [0.15, 0.2) is 23.3 Å². The highest BCUT2D eigenvalue weighted by molar-refractivity contribution is 5.71. The summed E-state index contributed by atoms with van der Waals surface area (Å²) in [6.45, 7) is 8.68. The fourth-order valence-electron chi connectivity index (χ4n) is 5.16. The number of allylic oxidation sites excluding steroid dienone is 4. The second-order valence-electron chi connectivity index (χ2n) is 8.02. The molecule has 1 saturated carbocycles. The van der Waals surface area contributed by atoms with Gasteiger partial charge in [-0.1, -0.05) is 31.1 Å². The molecule has 0 spiro atoms. The Labute approximate surface area is 139 Å². The summed E-state index contributed by atoms with van der Waals surface area (Å²) in [5, 5.41) is 9.80. The fourth-order valence-corrected chi connectivity index (χ4v) is 5.16. The minimum absolute atomic E-state index is 0.126. The van der Waals surface area contributed by atoms with Crippen molar-refractivity contribution >= 4 is 12.3 Å². The molecule has 0 amide bonds. The minimum atomic E-state index is -0.654. The predicted molar refractivity (Wildman–Crippen MR) is 92.1 cm³/mol. The van der Waals surface area contributed by atoms with E-state index >= 15 is 0 Å². The summed E-state index contributed by atoms with van der Waals surface area (Å²) in [6, 6.07) is 0. The third kappa shape index (κ3) is 3.15. The number of rotatable bonds is 5. The van der Waals surface area contributed by atoms with E-state index in [0.29, 0.717) is 5.92 Å². The first-order valence-electron chi connectivity index (χ1n) is 8.76. The van der Waals surface area contributed by atoms with Gasteiger partial charge in [0.2, 0.25) is 0 Å². The molecule has 3 nitrogen and oxygen atoms in total. The van der Waals surface area contributed by atoms with Crippen LogP contribution in [-0.2, 0) is 9.59 Å². The van der Waals surface area contributed by atoms with Crippen LogP contribution in [0.3, 0.4) is 0 Å². The second-order valence-corrected chi connectivity index (χ2v) is 8.02. The van der Waals surface area contributed by atoms with Crippen molar-refractivity contribution in [3.63, 3.8) is 0 Å². The lowest BCUT2D eigenvalue weighted by Crippen LogP contribution is -2.52. The Balaban J connectivity index is 2.35. The van der Waals surface area contributed by atoms with Crippen LogP contribution >= 0.6 is 0 Å². The molecule has 0 radical (unpaired) electrons. The maximum absolute atomic E-state index is 11.9. The molecule has 1 N–H and O–H groups in total. The highest BCUT2D eigenvalue weighted by Gasteiger charge is 2.56. The molecule has 4 atom stereocenters. The Morgan fingerprint density at radius 2 is 2.09 bits per heavy atom. The van der Waals surface area contributed by atoms with Gasteiger partial charge in [0, 0.05) is 0 Å².